The minimum Gasteiger partial charge on any atom is -0.383 e. The third-order valence-corrected chi connectivity index (χ3v) is 4.51. The number of methoxy groups -OCH3 is 1. The lowest BCUT2D eigenvalue weighted by molar-refractivity contribution is -0.125. The largest absolute Gasteiger partial charge is 0.383 e. The van der Waals surface area contributed by atoms with E-state index in [0.717, 1.165) is 11.8 Å². The van der Waals surface area contributed by atoms with Gasteiger partial charge < -0.3 is 15.4 Å². The number of nitriles is 2. The number of amides is 2. The van der Waals surface area contributed by atoms with Crippen LogP contribution in [0.5, 0.6) is 0 Å². The highest BCUT2D eigenvalue weighted by Gasteiger charge is 2.44. The number of thioether (sulfide) groups is 1. The molecule has 1 heterocycles. The van der Waals surface area contributed by atoms with Crippen molar-refractivity contribution in [3.8, 4) is 12.1 Å². The summed E-state index contributed by atoms with van der Waals surface area (Å²) >= 11 is 1.08. The zero-order valence-electron chi connectivity index (χ0n) is 13.6. The molecule has 2 N–H and O–H groups in total. The molecule has 2 atom stereocenters. The Morgan fingerprint density at radius 3 is 2.70 bits per heavy atom. The zero-order valence-corrected chi connectivity index (χ0v) is 14.4. The molecule has 0 aromatic heterocycles. The number of carbonyl (C=O) groups is 2. The summed E-state index contributed by atoms with van der Waals surface area (Å²) in [5, 5.41) is 24.2. The van der Waals surface area contributed by atoms with Crippen molar-refractivity contribution in [2.75, 3.05) is 19.5 Å². The third-order valence-electron chi connectivity index (χ3n) is 3.50. The molecular formula is C15H20N4O3S. The fraction of sp³-hybridized carbons (Fsp3) is 0.600. The maximum absolute atomic E-state index is 12.0. The predicted molar refractivity (Wildman–Crippen MR) is 85.6 cm³/mol. The summed E-state index contributed by atoms with van der Waals surface area (Å²) in [4.78, 5) is 23.9. The molecule has 0 fully saturated rings. The Balaban J connectivity index is 2.84. The number of rotatable bonds is 6. The molecule has 0 saturated carbocycles. The number of allylic oxidation sites excluding steroid dienone is 1. The Hall–Kier alpha value is -2.03. The van der Waals surface area contributed by atoms with Gasteiger partial charge in [-0.1, -0.05) is 25.6 Å². The van der Waals surface area contributed by atoms with E-state index in [9.17, 15) is 14.9 Å². The Morgan fingerprint density at radius 2 is 2.17 bits per heavy atom. The van der Waals surface area contributed by atoms with Crippen LogP contribution < -0.4 is 10.6 Å². The van der Waals surface area contributed by atoms with Gasteiger partial charge in [0.2, 0.25) is 11.8 Å². The van der Waals surface area contributed by atoms with Crippen LogP contribution >= 0.6 is 11.8 Å². The maximum atomic E-state index is 12.0. The monoisotopic (exact) mass is 336 g/mol. The van der Waals surface area contributed by atoms with Gasteiger partial charge in [-0.05, 0) is 6.92 Å². The van der Waals surface area contributed by atoms with Crippen molar-refractivity contribution in [3.63, 3.8) is 0 Å². The highest BCUT2D eigenvalue weighted by Crippen LogP contribution is 2.41. The summed E-state index contributed by atoms with van der Waals surface area (Å²) in [5.74, 6) is -1.55. The average Bonchev–Trinajstić information content (AvgIpc) is 2.44. The second-order valence-corrected chi connectivity index (χ2v) is 6.79. The molecule has 0 unspecified atom stereocenters. The van der Waals surface area contributed by atoms with Crippen molar-refractivity contribution >= 4 is 23.6 Å². The number of ether oxygens (including phenoxy) is 1. The molecule has 1 aliphatic rings. The first-order valence-electron chi connectivity index (χ1n) is 7.04. The van der Waals surface area contributed by atoms with Crippen molar-refractivity contribution in [3.05, 3.63) is 10.6 Å². The topological polar surface area (TPSA) is 115 Å². The SMILES string of the molecule is COC[C@H](C)NC(=O)CSC1=C(C#N)C(C)(C)[C@@H](C#N)C(=O)N1. The van der Waals surface area contributed by atoms with Crippen LogP contribution in [-0.2, 0) is 14.3 Å². The van der Waals surface area contributed by atoms with Crippen LogP contribution in [0, 0.1) is 34.0 Å². The molecule has 1 aliphatic heterocycles. The molecule has 0 aromatic carbocycles. The Labute approximate surface area is 140 Å². The molecule has 0 bridgehead atoms. The normalized spacial score (nSPS) is 21.0. The summed E-state index contributed by atoms with van der Waals surface area (Å²) in [7, 11) is 1.55. The first-order chi connectivity index (χ1) is 10.8. The maximum Gasteiger partial charge on any atom is 0.243 e. The van der Waals surface area contributed by atoms with Gasteiger partial charge in [0.05, 0.1) is 35.1 Å². The molecule has 7 nitrogen and oxygen atoms in total. The van der Waals surface area contributed by atoms with Crippen LogP contribution in [-0.4, -0.2) is 37.3 Å². The van der Waals surface area contributed by atoms with Gasteiger partial charge in [-0.15, -0.1) is 0 Å². The minimum atomic E-state index is -0.933. The van der Waals surface area contributed by atoms with Gasteiger partial charge in [0.1, 0.15) is 5.92 Å². The predicted octanol–water partition coefficient (Wildman–Crippen LogP) is 0.902. The number of nitrogens with one attached hydrogen (secondary N) is 2. The number of hydrogen-bond acceptors (Lipinski definition) is 6. The minimum absolute atomic E-state index is 0.0577. The standard InChI is InChI=1S/C15H20N4O3S/c1-9(7-22-4)18-12(20)8-23-14-11(6-17)15(2,3)10(5-16)13(21)19-14/h9-10H,7-8H2,1-4H3,(H,18,20)(H,19,21)/t9-,10-/m0/s1. The highest BCUT2D eigenvalue weighted by atomic mass is 32.2. The van der Waals surface area contributed by atoms with E-state index in [-0.39, 0.29) is 17.7 Å². The van der Waals surface area contributed by atoms with Gasteiger partial charge in [0, 0.05) is 18.6 Å². The quantitative estimate of drug-likeness (QED) is 0.745. The smallest absolute Gasteiger partial charge is 0.243 e. The Kier molecular flexibility index (Phi) is 6.62. The molecular weight excluding hydrogens is 316 g/mol. The molecule has 8 heteroatoms. The number of hydrogen-bond donors (Lipinski definition) is 2. The van der Waals surface area contributed by atoms with Crippen molar-refractivity contribution < 1.29 is 14.3 Å². The first kappa shape index (κ1) is 19.0. The molecule has 0 saturated heterocycles. The van der Waals surface area contributed by atoms with Crippen molar-refractivity contribution in [2.24, 2.45) is 11.3 Å². The summed E-state index contributed by atoms with van der Waals surface area (Å²) in [5.41, 5.74) is -0.583. The van der Waals surface area contributed by atoms with Gasteiger partial charge in [0.25, 0.3) is 0 Å². The van der Waals surface area contributed by atoms with Crippen molar-refractivity contribution in [2.45, 2.75) is 26.8 Å². The van der Waals surface area contributed by atoms with Crippen molar-refractivity contribution in [1.29, 1.82) is 10.5 Å². The number of nitrogens with zero attached hydrogens (tertiary/aromatic N) is 2. The van der Waals surface area contributed by atoms with Gasteiger partial charge in [-0.25, -0.2) is 0 Å². The molecule has 1 rings (SSSR count). The average molecular weight is 336 g/mol. The lowest BCUT2D eigenvalue weighted by atomic mass is 9.72. The van der Waals surface area contributed by atoms with Crippen LogP contribution in [0.3, 0.4) is 0 Å². The molecule has 23 heavy (non-hydrogen) atoms. The second kappa shape index (κ2) is 8.00. The molecule has 0 aromatic rings. The van der Waals surface area contributed by atoms with Crippen LogP contribution in [0.1, 0.15) is 20.8 Å². The van der Waals surface area contributed by atoms with E-state index in [1.807, 2.05) is 13.0 Å². The Morgan fingerprint density at radius 1 is 1.52 bits per heavy atom. The lowest BCUT2D eigenvalue weighted by Crippen LogP contribution is -2.45. The summed E-state index contributed by atoms with van der Waals surface area (Å²) < 4.78 is 4.94. The van der Waals surface area contributed by atoms with E-state index in [1.165, 1.54) is 0 Å². The lowest BCUT2D eigenvalue weighted by Gasteiger charge is -2.34. The molecule has 2 amide bonds. The first-order valence-corrected chi connectivity index (χ1v) is 8.02. The third kappa shape index (κ3) is 4.47. The summed E-state index contributed by atoms with van der Waals surface area (Å²) in [6, 6.07) is 3.86. The molecule has 0 spiro atoms. The molecule has 0 aliphatic carbocycles. The second-order valence-electron chi connectivity index (χ2n) is 5.80. The van der Waals surface area contributed by atoms with Gasteiger partial charge in [0.15, 0.2) is 0 Å². The van der Waals surface area contributed by atoms with E-state index in [1.54, 1.807) is 21.0 Å². The number of carbonyl (C=O) groups excluding carboxylic acids is 2. The van der Waals surface area contributed by atoms with Crippen molar-refractivity contribution in [1.82, 2.24) is 10.6 Å². The Bertz CT molecular complexity index is 601. The van der Waals surface area contributed by atoms with E-state index in [2.05, 4.69) is 16.7 Å². The van der Waals surface area contributed by atoms with Crippen LogP contribution in [0.25, 0.3) is 0 Å². The van der Waals surface area contributed by atoms with Crippen LogP contribution in [0.15, 0.2) is 10.6 Å². The van der Waals surface area contributed by atoms with E-state index < -0.39 is 17.2 Å². The summed E-state index contributed by atoms with van der Waals surface area (Å²) in [6.45, 7) is 5.57. The van der Waals surface area contributed by atoms with Gasteiger partial charge in [-0.2, -0.15) is 10.5 Å². The van der Waals surface area contributed by atoms with E-state index in [0.29, 0.717) is 17.2 Å². The summed E-state index contributed by atoms with van der Waals surface area (Å²) in [6.07, 6.45) is 0. The highest BCUT2D eigenvalue weighted by molar-refractivity contribution is 8.03. The molecule has 124 valence electrons. The van der Waals surface area contributed by atoms with Crippen LogP contribution in [0.2, 0.25) is 0 Å². The van der Waals surface area contributed by atoms with E-state index in [4.69, 9.17) is 10.00 Å². The fourth-order valence-corrected chi connectivity index (χ4v) is 3.26. The zero-order chi connectivity index (χ0) is 17.6. The fourth-order valence-electron chi connectivity index (χ4n) is 2.28. The van der Waals surface area contributed by atoms with Crippen LogP contribution in [0.4, 0.5) is 0 Å². The van der Waals surface area contributed by atoms with Gasteiger partial charge >= 0.3 is 0 Å². The van der Waals surface area contributed by atoms with E-state index >= 15 is 0 Å². The molecule has 0 radical (unpaired) electrons. The van der Waals surface area contributed by atoms with Gasteiger partial charge in [-0.3, -0.25) is 9.59 Å².